The van der Waals surface area contributed by atoms with E-state index in [1.165, 1.54) is 6.42 Å². The lowest BCUT2D eigenvalue weighted by molar-refractivity contribution is -0.124. The van der Waals surface area contributed by atoms with E-state index < -0.39 is 5.97 Å². The molecule has 0 spiro atoms. The fraction of sp³-hybridized carbons (Fsp3) is 0.533. The standard InChI is InChI=1S/C30H44N2O4/c1-5-6-7-22(4)20-31-28(19-24-11-16-27(33)17-12-24)29(34)32-26(18-21(2)3)15-10-23-8-13-25(14-9-23)30(35)36/h8-9,11-14,16-17,21-22,26,28,31,33H,5-7,10,15,18-20H2,1-4H3,(H,32,34)(H,35,36)/t22-,26+,28-/m0/s1. The van der Waals surface area contributed by atoms with Gasteiger partial charge in [0.1, 0.15) is 5.75 Å². The Morgan fingerprint density at radius 3 is 2.14 bits per heavy atom. The lowest BCUT2D eigenvalue weighted by Crippen LogP contribution is -2.50. The van der Waals surface area contributed by atoms with Crippen molar-refractivity contribution in [1.29, 1.82) is 0 Å². The molecule has 0 aromatic heterocycles. The third-order valence-corrected chi connectivity index (χ3v) is 6.54. The van der Waals surface area contributed by atoms with E-state index in [-0.39, 0.29) is 29.3 Å². The van der Waals surface area contributed by atoms with Crippen LogP contribution in [0.15, 0.2) is 48.5 Å². The maximum Gasteiger partial charge on any atom is 0.335 e. The molecule has 0 aliphatic heterocycles. The van der Waals surface area contributed by atoms with Crippen molar-refractivity contribution in [3.63, 3.8) is 0 Å². The van der Waals surface area contributed by atoms with Crippen LogP contribution in [0.25, 0.3) is 0 Å². The van der Waals surface area contributed by atoms with E-state index in [1.807, 2.05) is 24.3 Å². The first-order valence-corrected chi connectivity index (χ1v) is 13.3. The van der Waals surface area contributed by atoms with Gasteiger partial charge in [0.15, 0.2) is 0 Å². The number of nitrogens with one attached hydrogen (secondary N) is 2. The molecule has 2 aromatic rings. The highest BCUT2D eigenvalue weighted by Gasteiger charge is 2.23. The number of carbonyl (C=O) groups excluding carboxylic acids is 1. The largest absolute Gasteiger partial charge is 0.508 e. The Kier molecular flexibility index (Phi) is 12.5. The maximum absolute atomic E-state index is 13.5. The van der Waals surface area contributed by atoms with Gasteiger partial charge in [-0.2, -0.15) is 0 Å². The molecule has 2 aromatic carbocycles. The summed E-state index contributed by atoms with van der Waals surface area (Å²) in [5.41, 5.74) is 2.34. The molecular formula is C30H44N2O4. The molecule has 0 unspecified atom stereocenters. The summed E-state index contributed by atoms with van der Waals surface area (Å²) in [5.74, 6) is 0.206. The number of rotatable bonds is 16. The van der Waals surface area contributed by atoms with Crippen molar-refractivity contribution >= 4 is 11.9 Å². The van der Waals surface area contributed by atoms with E-state index in [1.54, 1.807) is 24.3 Å². The summed E-state index contributed by atoms with van der Waals surface area (Å²) in [4.78, 5) is 24.6. The topological polar surface area (TPSA) is 98.7 Å². The van der Waals surface area contributed by atoms with Gasteiger partial charge in [0.25, 0.3) is 0 Å². The van der Waals surface area contributed by atoms with E-state index in [0.717, 1.165) is 49.8 Å². The second-order valence-electron chi connectivity index (χ2n) is 10.5. The van der Waals surface area contributed by atoms with Crippen LogP contribution in [0.5, 0.6) is 5.75 Å². The molecule has 3 atom stereocenters. The zero-order valence-electron chi connectivity index (χ0n) is 22.3. The average molecular weight is 497 g/mol. The van der Waals surface area contributed by atoms with Crippen LogP contribution < -0.4 is 10.6 Å². The van der Waals surface area contributed by atoms with Crippen molar-refractivity contribution < 1.29 is 19.8 Å². The number of carboxylic acids is 1. The zero-order chi connectivity index (χ0) is 26.5. The number of hydrogen-bond donors (Lipinski definition) is 4. The van der Waals surface area contributed by atoms with Gasteiger partial charge in [-0.3, -0.25) is 4.79 Å². The van der Waals surface area contributed by atoms with Gasteiger partial charge < -0.3 is 20.8 Å². The molecule has 198 valence electrons. The Morgan fingerprint density at radius 2 is 1.56 bits per heavy atom. The highest BCUT2D eigenvalue weighted by molar-refractivity contribution is 5.87. The summed E-state index contributed by atoms with van der Waals surface area (Å²) >= 11 is 0. The molecule has 0 saturated heterocycles. The highest BCUT2D eigenvalue weighted by atomic mass is 16.4. The number of aromatic hydroxyl groups is 1. The van der Waals surface area contributed by atoms with Crippen LogP contribution in [0.1, 0.15) is 81.3 Å². The van der Waals surface area contributed by atoms with Gasteiger partial charge in [-0.15, -0.1) is 0 Å². The minimum atomic E-state index is -0.928. The molecule has 36 heavy (non-hydrogen) atoms. The second-order valence-corrected chi connectivity index (χ2v) is 10.5. The summed E-state index contributed by atoms with van der Waals surface area (Å²) < 4.78 is 0. The van der Waals surface area contributed by atoms with Crippen molar-refractivity contribution in [2.24, 2.45) is 11.8 Å². The van der Waals surface area contributed by atoms with Crippen LogP contribution in [0.4, 0.5) is 0 Å². The number of phenols is 1. The average Bonchev–Trinajstić information content (AvgIpc) is 2.84. The predicted molar refractivity (Wildman–Crippen MR) is 145 cm³/mol. The fourth-order valence-corrected chi connectivity index (χ4v) is 4.40. The molecule has 0 aliphatic carbocycles. The number of aryl methyl sites for hydroxylation is 1. The Morgan fingerprint density at radius 1 is 0.917 bits per heavy atom. The first-order valence-electron chi connectivity index (χ1n) is 13.3. The van der Waals surface area contributed by atoms with Crippen LogP contribution in [0.2, 0.25) is 0 Å². The van der Waals surface area contributed by atoms with Crippen LogP contribution in [0.3, 0.4) is 0 Å². The molecule has 0 bridgehead atoms. The molecular weight excluding hydrogens is 452 g/mol. The Balaban J connectivity index is 2.07. The predicted octanol–water partition coefficient (Wildman–Crippen LogP) is 5.58. The van der Waals surface area contributed by atoms with Crippen molar-refractivity contribution in [2.45, 2.75) is 84.7 Å². The molecule has 0 heterocycles. The van der Waals surface area contributed by atoms with Crippen LogP contribution in [-0.4, -0.2) is 40.7 Å². The summed E-state index contributed by atoms with van der Waals surface area (Å²) in [6.45, 7) is 9.50. The van der Waals surface area contributed by atoms with Crippen molar-refractivity contribution in [3.05, 3.63) is 65.2 Å². The first kappa shape index (κ1) is 29.4. The fourth-order valence-electron chi connectivity index (χ4n) is 4.40. The van der Waals surface area contributed by atoms with E-state index in [9.17, 15) is 14.7 Å². The number of unbranched alkanes of at least 4 members (excludes halogenated alkanes) is 1. The Labute approximate surface area is 216 Å². The monoisotopic (exact) mass is 496 g/mol. The molecule has 4 N–H and O–H groups in total. The van der Waals surface area contributed by atoms with Crippen LogP contribution in [0, 0.1) is 11.8 Å². The molecule has 0 saturated carbocycles. The Bertz CT molecular complexity index is 925. The van der Waals surface area contributed by atoms with Crippen molar-refractivity contribution in [3.8, 4) is 5.75 Å². The molecule has 6 heteroatoms. The summed E-state index contributed by atoms with van der Waals surface area (Å²) in [5, 5.41) is 25.6. The highest BCUT2D eigenvalue weighted by Crippen LogP contribution is 2.16. The first-order chi connectivity index (χ1) is 17.2. The molecule has 1 amide bonds. The van der Waals surface area contributed by atoms with Crippen LogP contribution >= 0.6 is 0 Å². The van der Waals surface area contributed by atoms with Crippen molar-refractivity contribution in [2.75, 3.05) is 6.54 Å². The number of hydrogen-bond acceptors (Lipinski definition) is 4. The lowest BCUT2D eigenvalue weighted by atomic mass is 9.96. The van der Waals surface area contributed by atoms with E-state index >= 15 is 0 Å². The van der Waals surface area contributed by atoms with Crippen molar-refractivity contribution in [1.82, 2.24) is 10.6 Å². The third kappa shape index (κ3) is 10.8. The molecule has 0 radical (unpaired) electrons. The normalized spacial score (nSPS) is 13.8. The van der Waals surface area contributed by atoms with Gasteiger partial charge in [-0.05, 0) is 85.9 Å². The number of carboxylic acid groups (broad SMARTS) is 1. The van der Waals surface area contributed by atoms with Gasteiger partial charge in [-0.1, -0.05) is 64.8 Å². The minimum absolute atomic E-state index is 0.00218. The maximum atomic E-state index is 13.5. The summed E-state index contributed by atoms with van der Waals surface area (Å²) in [7, 11) is 0. The number of aromatic carboxylic acids is 1. The van der Waals surface area contributed by atoms with Crippen LogP contribution in [-0.2, 0) is 17.6 Å². The molecule has 0 aliphatic rings. The smallest absolute Gasteiger partial charge is 0.335 e. The quantitative estimate of drug-likeness (QED) is 0.243. The molecule has 6 nitrogen and oxygen atoms in total. The molecule has 2 rings (SSSR count). The number of phenolic OH excluding ortho intramolecular Hbond substituents is 1. The number of benzene rings is 2. The summed E-state index contributed by atoms with van der Waals surface area (Å²) in [6.07, 6.45) is 6.46. The number of amides is 1. The second kappa shape index (κ2) is 15.3. The third-order valence-electron chi connectivity index (χ3n) is 6.54. The summed E-state index contributed by atoms with van der Waals surface area (Å²) in [6, 6.07) is 13.7. The van der Waals surface area contributed by atoms with Gasteiger partial charge in [0, 0.05) is 6.04 Å². The van der Waals surface area contributed by atoms with Gasteiger partial charge in [-0.25, -0.2) is 4.79 Å². The van der Waals surface area contributed by atoms with E-state index in [4.69, 9.17) is 5.11 Å². The van der Waals surface area contributed by atoms with E-state index in [2.05, 4.69) is 38.3 Å². The van der Waals surface area contributed by atoms with Gasteiger partial charge in [0.2, 0.25) is 5.91 Å². The minimum Gasteiger partial charge on any atom is -0.508 e. The molecule has 0 fully saturated rings. The lowest BCUT2D eigenvalue weighted by Gasteiger charge is -2.26. The van der Waals surface area contributed by atoms with Gasteiger partial charge in [0.05, 0.1) is 11.6 Å². The Hall–Kier alpha value is -2.86. The zero-order valence-corrected chi connectivity index (χ0v) is 22.3. The van der Waals surface area contributed by atoms with E-state index in [0.29, 0.717) is 18.3 Å². The number of carbonyl (C=O) groups is 2. The van der Waals surface area contributed by atoms with Gasteiger partial charge >= 0.3 is 5.97 Å². The SMILES string of the molecule is CCCC[C@H](C)CN[C@@H](Cc1ccc(O)cc1)C(=O)N[C@H](CCc1ccc(C(=O)O)cc1)CC(C)C.